The number of amides is 1. The lowest BCUT2D eigenvalue weighted by molar-refractivity contribution is 0.0603. The average Bonchev–Trinajstić information content (AvgIpc) is 3.00. The van der Waals surface area contributed by atoms with Gasteiger partial charge in [-0.3, -0.25) is 4.79 Å². The van der Waals surface area contributed by atoms with E-state index >= 15 is 0 Å². The first kappa shape index (κ1) is 15.9. The molecule has 1 fully saturated rings. The SMILES string of the molecule is Cc1csc([C@H]2CCCCN2C(=O)c2ccc(N(C)C)nn2)n1. The van der Waals surface area contributed by atoms with Crippen molar-refractivity contribution in [2.45, 2.75) is 32.2 Å². The second-order valence-corrected chi connectivity index (χ2v) is 6.90. The number of carbonyl (C=O) groups is 1. The molecule has 0 N–H and O–H groups in total. The van der Waals surface area contributed by atoms with E-state index in [1.54, 1.807) is 17.4 Å². The number of thiazole rings is 1. The van der Waals surface area contributed by atoms with Crippen LogP contribution in [0.4, 0.5) is 5.82 Å². The molecule has 122 valence electrons. The maximum absolute atomic E-state index is 12.9. The van der Waals surface area contributed by atoms with E-state index < -0.39 is 0 Å². The van der Waals surface area contributed by atoms with E-state index in [0.29, 0.717) is 5.69 Å². The van der Waals surface area contributed by atoms with Gasteiger partial charge in [0.25, 0.3) is 5.91 Å². The fourth-order valence-corrected chi connectivity index (χ4v) is 3.72. The van der Waals surface area contributed by atoms with Gasteiger partial charge in [-0.15, -0.1) is 21.5 Å². The second-order valence-electron chi connectivity index (χ2n) is 6.01. The van der Waals surface area contributed by atoms with Crippen LogP contribution in [0.25, 0.3) is 0 Å². The summed E-state index contributed by atoms with van der Waals surface area (Å²) in [6.45, 7) is 2.74. The predicted octanol–water partition coefficient (Wildman–Crippen LogP) is 2.67. The number of aromatic nitrogens is 3. The zero-order chi connectivity index (χ0) is 16.4. The van der Waals surface area contributed by atoms with E-state index in [9.17, 15) is 4.79 Å². The lowest BCUT2D eigenvalue weighted by Gasteiger charge is -2.34. The van der Waals surface area contributed by atoms with Crippen molar-refractivity contribution in [2.75, 3.05) is 25.5 Å². The van der Waals surface area contributed by atoms with E-state index in [1.807, 2.05) is 42.3 Å². The number of anilines is 1. The lowest BCUT2D eigenvalue weighted by atomic mass is 10.0. The molecule has 0 unspecified atom stereocenters. The number of hydrogen-bond acceptors (Lipinski definition) is 6. The molecule has 0 aromatic carbocycles. The van der Waals surface area contributed by atoms with Crippen LogP contribution >= 0.6 is 11.3 Å². The smallest absolute Gasteiger partial charge is 0.274 e. The number of carbonyl (C=O) groups excluding carboxylic acids is 1. The van der Waals surface area contributed by atoms with Crippen LogP contribution < -0.4 is 4.90 Å². The number of likely N-dealkylation sites (tertiary alicyclic amines) is 1. The summed E-state index contributed by atoms with van der Waals surface area (Å²) in [5.74, 6) is 0.688. The van der Waals surface area contributed by atoms with Gasteiger partial charge in [-0.25, -0.2) is 4.98 Å². The first-order chi connectivity index (χ1) is 11.1. The maximum atomic E-state index is 12.9. The largest absolute Gasteiger partial charge is 0.361 e. The molecule has 2 aromatic rings. The lowest BCUT2D eigenvalue weighted by Crippen LogP contribution is -2.39. The molecule has 0 radical (unpaired) electrons. The van der Waals surface area contributed by atoms with Gasteiger partial charge in [0, 0.05) is 31.7 Å². The summed E-state index contributed by atoms with van der Waals surface area (Å²) in [6.07, 6.45) is 3.11. The minimum absolute atomic E-state index is 0.0552. The summed E-state index contributed by atoms with van der Waals surface area (Å²) >= 11 is 1.63. The fraction of sp³-hybridized carbons (Fsp3) is 0.500. The van der Waals surface area contributed by atoms with E-state index in [0.717, 1.165) is 42.3 Å². The first-order valence-corrected chi connectivity index (χ1v) is 8.68. The van der Waals surface area contributed by atoms with Gasteiger partial charge in [-0.1, -0.05) is 0 Å². The van der Waals surface area contributed by atoms with Crippen molar-refractivity contribution in [3.05, 3.63) is 33.9 Å². The summed E-state index contributed by atoms with van der Waals surface area (Å²) in [6, 6.07) is 3.64. The van der Waals surface area contributed by atoms with E-state index in [-0.39, 0.29) is 11.9 Å². The number of aryl methyl sites for hydroxylation is 1. The van der Waals surface area contributed by atoms with Gasteiger partial charge in [-0.2, -0.15) is 0 Å². The third-order valence-corrected chi connectivity index (χ3v) is 5.08. The van der Waals surface area contributed by atoms with Crippen LogP contribution in [0.3, 0.4) is 0 Å². The highest BCUT2D eigenvalue weighted by Crippen LogP contribution is 2.33. The molecule has 1 aliphatic heterocycles. The van der Waals surface area contributed by atoms with Gasteiger partial charge in [0.05, 0.1) is 6.04 Å². The second kappa shape index (κ2) is 6.62. The van der Waals surface area contributed by atoms with Crippen molar-refractivity contribution in [1.29, 1.82) is 0 Å². The molecule has 23 heavy (non-hydrogen) atoms. The van der Waals surface area contributed by atoms with Crippen molar-refractivity contribution in [2.24, 2.45) is 0 Å². The standard InChI is InChI=1S/C16H21N5OS/c1-11-10-23-15(17-11)13-6-4-5-9-21(13)16(22)12-7-8-14(19-18-12)20(2)3/h7-8,10,13H,4-6,9H2,1-3H3/t13-/m1/s1. The molecular formula is C16H21N5OS. The Morgan fingerprint density at radius 1 is 1.30 bits per heavy atom. The highest BCUT2D eigenvalue weighted by atomic mass is 32.1. The van der Waals surface area contributed by atoms with Crippen LogP contribution in [-0.4, -0.2) is 46.6 Å². The summed E-state index contributed by atoms with van der Waals surface area (Å²) < 4.78 is 0. The summed E-state index contributed by atoms with van der Waals surface area (Å²) in [7, 11) is 3.80. The van der Waals surface area contributed by atoms with Crippen LogP contribution in [0.1, 0.15) is 46.5 Å². The number of nitrogens with zero attached hydrogens (tertiary/aromatic N) is 5. The number of hydrogen-bond donors (Lipinski definition) is 0. The molecule has 3 rings (SSSR count). The van der Waals surface area contributed by atoms with Crippen molar-refractivity contribution >= 4 is 23.1 Å². The van der Waals surface area contributed by atoms with Crippen LogP contribution in [0.15, 0.2) is 17.5 Å². The van der Waals surface area contributed by atoms with Gasteiger partial charge in [0.2, 0.25) is 0 Å². The zero-order valence-electron chi connectivity index (χ0n) is 13.7. The third-order valence-electron chi connectivity index (χ3n) is 4.01. The molecule has 1 amide bonds. The Balaban J connectivity index is 1.83. The summed E-state index contributed by atoms with van der Waals surface area (Å²) in [5, 5.41) is 11.3. The molecule has 7 heteroatoms. The average molecular weight is 331 g/mol. The van der Waals surface area contributed by atoms with Crippen LogP contribution in [-0.2, 0) is 0 Å². The first-order valence-electron chi connectivity index (χ1n) is 7.80. The number of piperidine rings is 1. The third kappa shape index (κ3) is 3.34. The van der Waals surface area contributed by atoms with Gasteiger partial charge in [0.15, 0.2) is 11.5 Å². The molecule has 0 spiro atoms. The van der Waals surface area contributed by atoms with Gasteiger partial charge < -0.3 is 9.80 Å². The summed E-state index contributed by atoms with van der Waals surface area (Å²) in [4.78, 5) is 21.2. The molecule has 0 aliphatic carbocycles. The molecule has 2 aromatic heterocycles. The predicted molar refractivity (Wildman–Crippen MR) is 90.8 cm³/mol. The molecule has 1 saturated heterocycles. The molecule has 0 bridgehead atoms. The Labute approximate surface area is 140 Å². The zero-order valence-corrected chi connectivity index (χ0v) is 14.5. The summed E-state index contributed by atoms with van der Waals surface area (Å²) in [5.41, 5.74) is 1.41. The Kier molecular flexibility index (Phi) is 4.56. The Morgan fingerprint density at radius 3 is 2.74 bits per heavy atom. The molecule has 0 saturated carbocycles. The van der Waals surface area contributed by atoms with Crippen LogP contribution in [0.5, 0.6) is 0 Å². The van der Waals surface area contributed by atoms with Gasteiger partial charge in [0.1, 0.15) is 5.01 Å². The fourth-order valence-electron chi connectivity index (χ4n) is 2.78. The van der Waals surface area contributed by atoms with Gasteiger partial charge in [-0.05, 0) is 38.3 Å². The van der Waals surface area contributed by atoms with Crippen LogP contribution in [0.2, 0.25) is 0 Å². The minimum atomic E-state index is -0.0552. The van der Waals surface area contributed by atoms with Gasteiger partial charge >= 0.3 is 0 Å². The van der Waals surface area contributed by atoms with E-state index in [4.69, 9.17) is 0 Å². The Morgan fingerprint density at radius 2 is 2.13 bits per heavy atom. The van der Waals surface area contributed by atoms with Crippen molar-refractivity contribution in [3.8, 4) is 0 Å². The maximum Gasteiger partial charge on any atom is 0.274 e. The molecular weight excluding hydrogens is 310 g/mol. The highest BCUT2D eigenvalue weighted by Gasteiger charge is 2.31. The van der Waals surface area contributed by atoms with Crippen LogP contribution in [0, 0.1) is 6.92 Å². The minimum Gasteiger partial charge on any atom is -0.361 e. The topological polar surface area (TPSA) is 62.2 Å². The normalized spacial score (nSPS) is 18.0. The number of rotatable bonds is 3. The van der Waals surface area contributed by atoms with Crippen molar-refractivity contribution < 1.29 is 4.79 Å². The Hall–Kier alpha value is -2.02. The monoisotopic (exact) mass is 331 g/mol. The molecule has 6 nitrogen and oxygen atoms in total. The molecule has 1 aliphatic rings. The highest BCUT2D eigenvalue weighted by molar-refractivity contribution is 7.09. The Bertz CT molecular complexity index is 682. The molecule has 3 heterocycles. The van der Waals surface area contributed by atoms with Crippen molar-refractivity contribution in [1.82, 2.24) is 20.1 Å². The quantitative estimate of drug-likeness (QED) is 0.865. The van der Waals surface area contributed by atoms with E-state index in [2.05, 4.69) is 15.2 Å². The molecule has 1 atom stereocenters. The van der Waals surface area contributed by atoms with Crippen molar-refractivity contribution in [3.63, 3.8) is 0 Å². The van der Waals surface area contributed by atoms with E-state index in [1.165, 1.54) is 0 Å².